The largest absolute Gasteiger partial charge is 0.351 e. The predicted molar refractivity (Wildman–Crippen MR) is 74.1 cm³/mol. The third-order valence-corrected chi connectivity index (χ3v) is 3.36. The van der Waals surface area contributed by atoms with Gasteiger partial charge in [-0.2, -0.15) is 0 Å². The van der Waals surface area contributed by atoms with Crippen LogP contribution in [0.25, 0.3) is 0 Å². The number of hydrogen-bond acceptors (Lipinski definition) is 2. The summed E-state index contributed by atoms with van der Waals surface area (Å²) < 4.78 is 0. The summed E-state index contributed by atoms with van der Waals surface area (Å²) in [7, 11) is 2.12. The third-order valence-electron chi connectivity index (χ3n) is 3.36. The zero-order chi connectivity index (χ0) is 13.3. The van der Waals surface area contributed by atoms with Gasteiger partial charge < -0.3 is 5.32 Å². The van der Waals surface area contributed by atoms with Gasteiger partial charge in [-0.15, -0.1) is 0 Å². The van der Waals surface area contributed by atoms with Gasteiger partial charge in [0.15, 0.2) is 0 Å². The van der Waals surface area contributed by atoms with Gasteiger partial charge >= 0.3 is 0 Å². The molecule has 0 aliphatic heterocycles. The van der Waals surface area contributed by atoms with Crippen LogP contribution in [0, 0.1) is 0 Å². The van der Waals surface area contributed by atoms with Gasteiger partial charge in [0.25, 0.3) is 0 Å². The lowest BCUT2D eigenvalue weighted by molar-refractivity contribution is -0.116. The van der Waals surface area contributed by atoms with E-state index < -0.39 is 0 Å². The highest BCUT2D eigenvalue weighted by molar-refractivity contribution is 5.86. The molecule has 100 valence electrons. The van der Waals surface area contributed by atoms with Crippen LogP contribution in [-0.2, 0) is 4.79 Å². The predicted octanol–water partition coefficient (Wildman–Crippen LogP) is 2.58. The Bertz CT molecular complexity index is 236. The van der Waals surface area contributed by atoms with E-state index in [9.17, 15) is 4.79 Å². The number of amides is 1. The molecular formula is C14H28N2O. The molecule has 1 amide bonds. The van der Waals surface area contributed by atoms with Crippen molar-refractivity contribution in [3.63, 3.8) is 0 Å². The van der Waals surface area contributed by atoms with Crippen molar-refractivity contribution in [2.45, 2.75) is 52.0 Å². The molecule has 0 unspecified atom stereocenters. The van der Waals surface area contributed by atoms with E-state index in [1.807, 2.05) is 0 Å². The molecule has 0 saturated carbocycles. The highest BCUT2D eigenvalue weighted by atomic mass is 16.1. The van der Waals surface area contributed by atoms with Gasteiger partial charge in [-0.3, -0.25) is 9.69 Å². The summed E-state index contributed by atoms with van der Waals surface area (Å²) in [6, 6.07) is 0. The second-order valence-electron chi connectivity index (χ2n) is 5.19. The Morgan fingerprint density at radius 1 is 1.41 bits per heavy atom. The average molecular weight is 240 g/mol. The van der Waals surface area contributed by atoms with Crippen molar-refractivity contribution in [3.05, 3.63) is 12.7 Å². The van der Waals surface area contributed by atoms with E-state index in [0.717, 1.165) is 6.54 Å². The van der Waals surface area contributed by atoms with E-state index in [1.165, 1.54) is 31.8 Å². The Morgan fingerprint density at radius 2 is 2.06 bits per heavy atom. The molecule has 0 aliphatic carbocycles. The molecule has 0 aromatic rings. The van der Waals surface area contributed by atoms with E-state index in [1.54, 1.807) is 0 Å². The van der Waals surface area contributed by atoms with Crippen molar-refractivity contribution >= 4 is 5.91 Å². The molecule has 0 spiro atoms. The Labute approximate surface area is 106 Å². The molecule has 0 atom stereocenters. The first kappa shape index (κ1) is 16.2. The van der Waals surface area contributed by atoms with E-state index in [4.69, 9.17) is 0 Å². The minimum Gasteiger partial charge on any atom is -0.351 e. The van der Waals surface area contributed by atoms with Crippen LogP contribution in [0.15, 0.2) is 12.7 Å². The quantitative estimate of drug-likeness (QED) is 0.496. The molecule has 0 radical (unpaired) electrons. The van der Waals surface area contributed by atoms with Crippen LogP contribution in [0.3, 0.4) is 0 Å². The fraction of sp³-hybridized carbons (Fsp3) is 0.786. The monoisotopic (exact) mass is 240 g/mol. The first-order valence-corrected chi connectivity index (χ1v) is 6.55. The maximum Gasteiger partial charge on any atom is 0.243 e. The second-order valence-corrected chi connectivity index (χ2v) is 5.19. The van der Waals surface area contributed by atoms with Gasteiger partial charge in [0.05, 0.1) is 0 Å². The first-order chi connectivity index (χ1) is 7.94. The fourth-order valence-corrected chi connectivity index (χ4v) is 1.72. The lowest BCUT2D eigenvalue weighted by Gasteiger charge is -2.36. The van der Waals surface area contributed by atoms with Crippen molar-refractivity contribution in [2.24, 2.45) is 0 Å². The highest BCUT2D eigenvalue weighted by Gasteiger charge is 2.22. The van der Waals surface area contributed by atoms with Crippen LogP contribution >= 0.6 is 0 Å². The minimum atomic E-state index is -0.0952. The molecule has 0 saturated heterocycles. The molecule has 0 aromatic heterocycles. The van der Waals surface area contributed by atoms with E-state index in [2.05, 4.69) is 44.6 Å². The molecule has 0 aliphatic rings. The molecule has 0 heterocycles. The maximum atomic E-state index is 11.0. The zero-order valence-electron chi connectivity index (χ0n) is 11.9. The summed E-state index contributed by atoms with van der Waals surface area (Å²) in [6.07, 6.45) is 6.34. The minimum absolute atomic E-state index is 0.0952. The van der Waals surface area contributed by atoms with Crippen LogP contribution in [0.2, 0.25) is 0 Å². The number of hydrogen-bond donors (Lipinski definition) is 1. The summed E-state index contributed by atoms with van der Waals surface area (Å²) in [5.74, 6) is -0.0952. The van der Waals surface area contributed by atoms with Crippen LogP contribution in [0.1, 0.15) is 46.5 Å². The lowest BCUT2D eigenvalue weighted by Crippen LogP contribution is -2.44. The van der Waals surface area contributed by atoms with E-state index in [0.29, 0.717) is 6.54 Å². The number of nitrogens with zero attached hydrogens (tertiary/aromatic N) is 1. The number of likely N-dealkylation sites (N-methyl/N-ethyl adjacent to an activating group) is 1. The Balaban J connectivity index is 3.88. The Kier molecular flexibility index (Phi) is 7.88. The molecule has 0 aromatic carbocycles. The van der Waals surface area contributed by atoms with Crippen molar-refractivity contribution in [3.8, 4) is 0 Å². The topological polar surface area (TPSA) is 32.3 Å². The summed E-state index contributed by atoms with van der Waals surface area (Å²) in [5, 5.41) is 2.80. The van der Waals surface area contributed by atoms with Gasteiger partial charge in [-0.1, -0.05) is 32.8 Å². The molecule has 3 heteroatoms. The van der Waals surface area contributed by atoms with E-state index in [-0.39, 0.29) is 11.4 Å². The smallest absolute Gasteiger partial charge is 0.243 e. The zero-order valence-corrected chi connectivity index (χ0v) is 11.9. The SMILES string of the molecule is C=CC(=O)NCCN(C)C(C)(C)CCCCC. The fourth-order valence-electron chi connectivity index (χ4n) is 1.72. The van der Waals surface area contributed by atoms with Crippen molar-refractivity contribution in [1.82, 2.24) is 10.2 Å². The average Bonchev–Trinajstić information content (AvgIpc) is 2.28. The third kappa shape index (κ3) is 7.16. The summed E-state index contributed by atoms with van der Waals surface area (Å²) >= 11 is 0. The number of unbranched alkanes of at least 4 members (excludes halogenated alkanes) is 2. The number of carbonyl (C=O) groups is 1. The van der Waals surface area contributed by atoms with Gasteiger partial charge in [0, 0.05) is 18.6 Å². The molecule has 1 N–H and O–H groups in total. The molecule has 0 bridgehead atoms. The Hall–Kier alpha value is -0.830. The summed E-state index contributed by atoms with van der Waals surface area (Å²) in [5.41, 5.74) is 0.202. The lowest BCUT2D eigenvalue weighted by atomic mass is 9.95. The number of carbonyl (C=O) groups excluding carboxylic acids is 1. The molecule has 3 nitrogen and oxygen atoms in total. The van der Waals surface area contributed by atoms with Crippen LogP contribution in [-0.4, -0.2) is 36.5 Å². The Morgan fingerprint density at radius 3 is 2.59 bits per heavy atom. The van der Waals surface area contributed by atoms with Crippen molar-refractivity contribution < 1.29 is 4.79 Å². The number of nitrogens with one attached hydrogen (secondary N) is 1. The van der Waals surface area contributed by atoms with Gasteiger partial charge in [-0.05, 0) is 33.4 Å². The summed E-state index contributed by atoms with van der Waals surface area (Å²) in [6.45, 7) is 11.7. The van der Waals surface area contributed by atoms with E-state index >= 15 is 0 Å². The molecule has 0 fully saturated rings. The first-order valence-electron chi connectivity index (χ1n) is 6.55. The van der Waals surface area contributed by atoms with Crippen LogP contribution in [0.4, 0.5) is 0 Å². The molecule has 17 heavy (non-hydrogen) atoms. The molecule has 0 rings (SSSR count). The molecular weight excluding hydrogens is 212 g/mol. The van der Waals surface area contributed by atoms with Crippen LogP contribution < -0.4 is 5.32 Å². The maximum absolute atomic E-state index is 11.0. The van der Waals surface area contributed by atoms with Gasteiger partial charge in [-0.25, -0.2) is 0 Å². The number of rotatable bonds is 9. The second kappa shape index (κ2) is 8.29. The highest BCUT2D eigenvalue weighted by Crippen LogP contribution is 2.20. The standard InChI is InChI=1S/C14H28N2O/c1-6-8-9-10-14(3,4)16(5)12-11-15-13(17)7-2/h7H,2,6,8-12H2,1,3-5H3,(H,15,17). The van der Waals surface area contributed by atoms with Crippen molar-refractivity contribution in [2.75, 3.05) is 20.1 Å². The normalized spacial score (nSPS) is 11.6. The van der Waals surface area contributed by atoms with Gasteiger partial charge in [0.2, 0.25) is 5.91 Å². The van der Waals surface area contributed by atoms with Gasteiger partial charge in [0.1, 0.15) is 0 Å². The summed E-state index contributed by atoms with van der Waals surface area (Å²) in [4.78, 5) is 13.3. The van der Waals surface area contributed by atoms with Crippen molar-refractivity contribution in [1.29, 1.82) is 0 Å². The van der Waals surface area contributed by atoms with Crippen LogP contribution in [0.5, 0.6) is 0 Å².